The van der Waals surface area contributed by atoms with E-state index in [1.807, 2.05) is 19.1 Å². The van der Waals surface area contributed by atoms with Gasteiger partial charge in [0.15, 0.2) is 0 Å². The normalized spacial score (nSPS) is 13.6. The smallest absolute Gasteiger partial charge is 0.236 e. The third-order valence-corrected chi connectivity index (χ3v) is 3.30. The number of benzene rings is 1. The Bertz CT molecular complexity index is 403. The zero-order valence-electron chi connectivity index (χ0n) is 12.7. The third-order valence-electron chi connectivity index (χ3n) is 3.30. The first-order chi connectivity index (χ1) is 9.56. The molecular weight excluding hydrogens is 252 g/mol. The quantitative estimate of drug-likeness (QED) is 0.765. The zero-order chi connectivity index (χ0) is 15.0. The van der Waals surface area contributed by atoms with Gasteiger partial charge in [-0.05, 0) is 36.5 Å². The molecule has 0 aliphatic rings. The highest BCUT2D eigenvalue weighted by molar-refractivity contribution is 5.81. The lowest BCUT2D eigenvalue weighted by atomic mass is 10.0. The predicted octanol–water partition coefficient (Wildman–Crippen LogP) is 2.12. The molecule has 0 saturated carbocycles. The number of carbonyl (C=O) groups excluding carboxylic acids is 1. The lowest BCUT2D eigenvalue weighted by Gasteiger charge is -2.15. The van der Waals surface area contributed by atoms with E-state index in [0.717, 1.165) is 25.0 Å². The minimum absolute atomic E-state index is 0.0477. The molecule has 20 heavy (non-hydrogen) atoms. The molecule has 4 nitrogen and oxygen atoms in total. The highest BCUT2D eigenvalue weighted by atomic mass is 16.5. The highest BCUT2D eigenvalue weighted by Crippen LogP contribution is 2.14. The second-order valence-electron chi connectivity index (χ2n) is 5.30. The van der Waals surface area contributed by atoms with Crippen LogP contribution in [0.1, 0.15) is 32.3 Å². The topological polar surface area (TPSA) is 64.4 Å². The van der Waals surface area contributed by atoms with Gasteiger partial charge in [0.25, 0.3) is 0 Å². The fourth-order valence-corrected chi connectivity index (χ4v) is 2.08. The van der Waals surface area contributed by atoms with Gasteiger partial charge in [-0.15, -0.1) is 0 Å². The lowest BCUT2D eigenvalue weighted by Crippen LogP contribution is -2.42. The van der Waals surface area contributed by atoms with Crippen LogP contribution in [0.3, 0.4) is 0 Å². The van der Waals surface area contributed by atoms with Crippen molar-refractivity contribution in [3.05, 3.63) is 29.8 Å². The van der Waals surface area contributed by atoms with Crippen molar-refractivity contribution in [3.63, 3.8) is 0 Å². The Morgan fingerprint density at radius 2 is 2.00 bits per heavy atom. The number of rotatable bonds is 8. The van der Waals surface area contributed by atoms with E-state index < -0.39 is 0 Å². The first kappa shape index (κ1) is 16.5. The molecule has 2 unspecified atom stereocenters. The average Bonchev–Trinajstić information content (AvgIpc) is 2.45. The van der Waals surface area contributed by atoms with E-state index in [4.69, 9.17) is 10.5 Å². The Balaban J connectivity index is 2.35. The second kappa shape index (κ2) is 8.59. The molecule has 0 aliphatic heterocycles. The van der Waals surface area contributed by atoms with Gasteiger partial charge < -0.3 is 15.8 Å². The van der Waals surface area contributed by atoms with E-state index in [9.17, 15) is 4.79 Å². The molecule has 0 aromatic heterocycles. The van der Waals surface area contributed by atoms with E-state index in [2.05, 4.69) is 24.4 Å². The van der Waals surface area contributed by atoms with Crippen molar-refractivity contribution in [2.24, 2.45) is 11.7 Å². The molecular formula is C16H26N2O2. The first-order valence-corrected chi connectivity index (χ1v) is 7.23. The molecule has 0 fully saturated rings. The van der Waals surface area contributed by atoms with Crippen LogP contribution in [-0.4, -0.2) is 25.6 Å². The SMILES string of the molecule is CCCC(N)C(=O)NCC(C)Cc1ccc(OC)cc1. The summed E-state index contributed by atoms with van der Waals surface area (Å²) in [4.78, 5) is 11.7. The van der Waals surface area contributed by atoms with Crippen LogP contribution in [0, 0.1) is 5.92 Å². The summed E-state index contributed by atoms with van der Waals surface area (Å²) in [5.41, 5.74) is 7.01. The molecule has 0 bridgehead atoms. The standard InChI is InChI=1S/C16H26N2O2/c1-4-5-15(17)16(19)18-11-12(2)10-13-6-8-14(20-3)9-7-13/h6-9,12,15H,4-5,10-11,17H2,1-3H3,(H,18,19). The van der Waals surface area contributed by atoms with Crippen LogP contribution in [0.15, 0.2) is 24.3 Å². The van der Waals surface area contributed by atoms with Crippen molar-refractivity contribution >= 4 is 5.91 Å². The molecule has 1 amide bonds. The molecule has 0 aliphatic carbocycles. The van der Waals surface area contributed by atoms with Gasteiger partial charge in [0.2, 0.25) is 5.91 Å². The highest BCUT2D eigenvalue weighted by Gasteiger charge is 2.13. The maximum Gasteiger partial charge on any atom is 0.236 e. The number of methoxy groups -OCH3 is 1. The summed E-state index contributed by atoms with van der Waals surface area (Å²) in [6.07, 6.45) is 2.59. The van der Waals surface area contributed by atoms with Gasteiger partial charge in [-0.1, -0.05) is 32.4 Å². The number of ether oxygens (including phenoxy) is 1. The van der Waals surface area contributed by atoms with Gasteiger partial charge in [-0.25, -0.2) is 0 Å². The Kier molecular flexibility index (Phi) is 7.09. The molecule has 0 heterocycles. The number of amides is 1. The van der Waals surface area contributed by atoms with Gasteiger partial charge in [0.05, 0.1) is 13.2 Å². The van der Waals surface area contributed by atoms with Gasteiger partial charge in [0.1, 0.15) is 5.75 Å². The van der Waals surface area contributed by atoms with Gasteiger partial charge >= 0.3 is 0 Å². The minimum atomic E-state index is -0.381. The number of nitrogens with one attached hydrogen (secondary N) is 1. The summed E-state index contributed by atoms with van der Waals surface area (Å²) in [7, 11) is 1.66. The van der Waals surface area contributed by atoms with Crippen LogP contribution in [0.2, 0.25) is 0 Å². The minimum Gasteiger partial charge on any atom is -0.497 e. The van der Waals surface area contributed by atoms with Gasteiger partial charge in [-0.3, -0.25) is 4.79 Å². The lowest BCUT2D eigenvalue weighted by molar-refractivity contribution is -0.122. The summed E-state index contributed by atoms with van der Waals surface area (Å²) in [5, 5.41) is 2.92. The van der Waals surface area contributed by atoms with Crippen molar-refractivity contribution in [1.29, 1.82) is 0 Å². The second-order valence-corrected chi connectivity index (χ2v) is 5.30. The number of carbonyl (C=O) groups is 1. The molecule has 0 saturated heterocycles. The summed E-state index contributed by atoms with van der Waals surface area (Å²) in [6.45, 7) is 4.80. The van der Waals surface area contributed by atoms with Crippen LogP contribution in [0.25, 0.3) is 0 Å². The molecule has 0 spiro atoms. The van der Waals surface area contributed by atoms with Crippen LogP contribution in [0.5, 0.6) is 5.75 Å². The predicted molar refractivity (Wildman–Crippen MR) is 81.8 cm³/mol. The monoisotopic (exact) mass is 278 g/mol. The van der Waals surface area contributed by atoms with E-state index in [0.29, 0.717) is 12.5 Å². The molecule has 4 heteroatoms. The maximum atomic E-state index is 11.7. The zero-order valence-corrected chi connectivity index (χ0v) is 12.7. The fraction of sp³-hybridized carbons (Fsp3) is 0.562. The van der Waals surface area contributed by atoms with Crippen molar-refractivity contribution in [2.75, 3.05) is 13.7 Å². The molecule has 112 valence electrons. The van der Waals surface area contributed by atoms with Crippen molar-refractivity contribution in [2.45, 2.75) is 39.2 Å². The molecule has 3 N–H and O–H groups in total. The molecule has 1 aromatic rings. The van der Waals surface area contributed by atoms with E-state index in [1.54, 1.807) is 7.11 Å². The number of nitrogens with two attached hydrogens (primary N) is 1. The summed E-state index contributed by atoms with van der Waals surface area (Å²) < 4.78 is 5.13. The summed E-state index contributed by atoms with van der Waals surface area (Å²) in [6, 6.07) is 7.64. The maximum absolute atomic E-state index is 11.7. The van der Waals surface area contributed by atoms with Crippen molar-refractivity contribution in [3.8, 4) is 5.75 Å². The molecule has 0 radical (unpaired) electrons. The van der Waals surface area contributed by atoms with E-state index >= 15 is 0 Å². The third kappa shape index (κ3) is 5.61. The van der Waals surface area contributed by atoms with E-state index in [-0.39, 0.29) is 11.9 Å². The number of hydrogen-bond acceptors (Lipinski definition) is 3. The largest absolute Gasteiger partial charge is 0.497 e. The molecule has 2 atom stereocenters. The van der Waals surface area contributed by atoms with Crippen LogP contribution >= 0.6 is 0 Å². The van der Waals surface area contributed by atoms with Crippen LogP contribution in [-0.2, 0) is 11.2 Å². The van der Waals surface area contributed by atoms with E-state index in [1.165, 1.54) is 5.56 Å². The Labute approximate surface area is 121 Å². The van der Waals surface area contributed by atoms with Gasteiger partial charge in [-0.2, -0.15) is 0 Å². The summed E-state index contributed by atoms with van der Waals surface area (Å²) >= 11 is 0. The Morgan fingerprint density at radius 1 is 1.35 bits per heavy atom. The number of hydrogen-bond donors (Lipinski definition) is 2. The van der Waals surface area contributed by atoms with Crippen LogP contribution in [0.4, 0.5) is 0 Å². The van der Waals surface area contributed by atoms with Gasteiger partial charge in [0, 0.05) is 6.54 Å². The van der Waals surface area contributed by atoms with Crippen molar-refractivity contribution in [1.82, 2.24) is 5.32 Å². The van der Waals surface area contributed by atoms with Crippen molar-refractivity contribution < 1.29 is 9.53 Å². The van der Waals surface area contributed by atoms with Crippen LogP contribution < -0.4 is 15.8 Å². The fourth-order valence-electron chi connectivity index (χ4n) is 2.08. The summed E-state index contributed by atoms with van der Waals surface area (Å²) in [5.74, 6) is 1.19. The molecule has 1 aromatic carbocycles. The Morgan fingerprint density at radius 3 is 2.55 bits per heavy atom. The Hall–Kier alpha value is -1.55. The average molecular weight is 278 g/mol. The molecule has 1 rings (SSSR count). The first-order valence-electron chi connectivity index (χ1n) is 7.23.